The molecular formula is C15H22FNO2. The smallest absolute Gasteiger partial charge is 0.123 e. The molecule has 0 amide bonds. The highest BCUT2D eigenvalue weighted by Crippen LogP contribution is 2.37. The normalized spacial score (nSPS) is 23.9. The van der Waals surface area contributed by atoms with E-state index in [4.69, 9.17) is 9.84 Å². The number of aliphatic hydroxyl groups excluding tert-OH is 1. The minimum absolute atomic E-state index is 0.161. The molecule has 0 aliphatic heterocycles. The van der Waals surface area contributed by atoms with Crippen LogP contribution in [0, 0.1) is 5.82 Å². The summed E-state index contributed by atoms with van der Waals surface area (Å²) in [4.78, 5) is 0. The average molecular weight is 267 g/mol. The molecule has 2 N–H and O–H groups in total. The molecule has 0 saturated heterocycles. The molecule has 106 valence electrons. The highest BCUT2D eigenvalue weighted by atomic mass is 19.1. The van der Waals surface area contributed by atoms with Gasteiger partial charge in [-0.15, -0.1) is 0 Å². The zero-order valence-corrected chi connectivity index (χ0v) is 11.3. The van der Waals surface area contributed by atoms with Crippen molar-refractivity contribution in [2.45, 2.75) is 37.3 Å². The lowest BCUT2D eigenvalue weighted by Crippen LogP contribution is -2.47. The first-order valence-electron chi connectivity index (χ1n) is 6.84. The standard InChI is InChI=1S/C15H22FNO2/c1-19-10-14(5-6-18)17-15-8-12(9-15)11-3-2-4-13(16)7-11/h2-4,7,12,14-15,17-18H,5-6,8-10H2,1H3. The van der Waals surface area contributed by atoms with E-state index in [-0.39, 0.29) is 18.5 Å². The third-order valence-electron chi connectivity index (χ3n) is 3.77. The second-order valence-corrected chi connectivity index (χ2v) is 5.25. The summed E-state index contributed by atoms with van der Waals surface area (Å²) in [6.45, 7) is 0.781. The van der Waals surface area contributed by atoms with Crippen LogP contribution in [0.2, 0.25) is 0 Å². The maximum atomic E-state index is 13.1. The van der Waals surface area contributed by atoms with Crippen molar-refractivity contribution in [3.8, 4) is 0 Å². The summed E-state index contributed by atoms with van der Waals surface area (Å²) in [7, 11) is 1.67. The monoisotopic (exact) mass is 267 g/mol. The van der Waals surface area contributed by atoms with Crippen LogP contribution in [0.1, 0.15) is 30.7 Å². The van der Waals surface area contributed by atoms with Gasteiger partial charge in [-0.05, 0) is 42.9 Å². The second kappa shape index (κ2) is 6.98. The lowest BCUT2D eigenvalue weighted by molar-refractivity contribution is 0.129. The molecule has 1 aromatic carbocycles. The Morgan fingerprint density at radius 1 is 1.47 bits per heavy atom. The molecule has 0 spiro atoms. The lowest BCUT2D eigenvalue weighted by Gasteiger charge is -2.38. The maximum absolute atomic E-state index is 13.1. The zero-order valence-electron chi connectivity index (χ0n) is 11.3. The van der Waals surface area contributed by atoms with Gasteiger partial charge in [0.15, 0.2) is 0 Å². The molecule has 19 heavy (non-hydrogen) atoms. The first kappa shape index (κ1) is 14.4. The Bertz CT molecular complexity index is 387. The highest BCUT2D eigenvalue weighted by Gasteiger charge is 2.31. The van der Waals surface area contributed by atoms with Crippen LogP contribution in [0.3, 0.4) is 0 Å². The SMILES string of the molecule is COCC(CCO)NC1CC(c2cccc(F)c2)C1. The maximum Gasteiger partial charge on any atom is 0.123 e. The highest BCUT2D eigenvalue weighted by molar-refractivity contribution is 5.23. The van der Waals surface area contributed by atoms with Crippen molar-refractivity contribution in [2.24, 2.45) is 0 Å². The van der Waals surface area contributed by atoms with Gasteiger partial charge in [0, 0.05) is 25.8 Å². The third-order valence-corrected chi connectivity index (χ3v) is 3.77. The number of ether oxygens (including phenoxy) is 1. The quantitative estimate of drug-likeness (QED) is 0.794. The summed E-state index contributed by atoms with van der Waals surface area (Å²) in [5.41, 5.74) is 1.09. The van der Waals surface area contributed by atoms with E-state index in [1.165, 1.54) is 6.07 Å². The van der Waals surface area contributed by atoms with Crippen molar-refractivity contribution in [2.75, 3.05) is 20.3 Å². The van der Waals surface area contributed by atoms with Crippen LogP contribution >= 0.6 is 0 Å². The van der Waals surface area contributed by atoms with E-state index in [9.17, 15) is 4.39 Å². The van der Waals surface area contributed by atoms with E-state index in [1.54, 1.807) is 19.2 Å². The lowest BCUT2D eigenvalue weighted by atomic mass is 9.75. The molecule has 3 nitrogen and oxygen atoms in total. The summed E-state index contributed by atoms with van der Waals surface area (Å²) in [5.74, 6) is 0.289. The van der Waals surface area contributed by atoms with E-state index in [0.717, 1.165) is 18.4 Å². The molecule has 0 heterocycles. The summed E-state index contributed by atoms with van der Waals surface area (Å²) >= 11 is 0. The summed E-state index contributed by atoms with van der Waals surface area (Å²) in [6, 6.07) is 7.51. The molecular weight excluding hydrogens is 245 g/mol. The van der Waals surface area contributed by atoms with Gasteiger partial charge in [-0.3, -0.25) is 0 Å². The molecule has 0 radical (unpaired) electrons. The van der Waals surface area contributed by atoms with Gasteiger partial charge in [-0.25, -0.2) is 4.39 Å². The van der Waals surface area contributed by atoms with Gasteiger partial charge in [-0.2, -0.15) is 0 Å². The van der Waals surface area contributed by atoms with Crippen LogP contribution < -0.4 is 5.32 Å². The number of hydrogen-bond acceptors (Lipinski definition) is 3. The number of hydrogen-bond donors (Lipinski definition) is 2. The van der Waals surface area contributed by atoms with E-state index in [0.29, 0.717) is 25.0 Å². The van der Waals surface area contributed by atoms with Gasteiger partial charge in [0.05, 0.1) is 6.61 Å². The summed E-state index contributed by atoms with van der Waals surface area (Å²) in [5, 5.41) is 12.5. The Balaban J connectivity index is 1.79. The van der Waals surface area contributed by atoms with Crippen molar-refractivity contribution >= 4 is 0 Å². The van der Waals surface area contributed by atoms with Gasteiger partial charge in [-0.1, -0.05) is 12.1 Å². The van der Waals surface area contributed by atoms with Gasteiger partial charge >= 0.3 is 0 Å². The number of methoxy groups -OCH3 is 1. The fourth-order valence-corrected chi connectivity index (χ4v) is 2.69. The van der Waals surface area contributed by atoms with Crippen LogP contribution in [0.4, 0.5) is 4.39 Å². The first-order chi connectivity index (χ1) is 9.22. The van der Waals surface area contributed by atoms with Gasteiger partial charge in [0.25, 0.3) is 0 Å². The first-order valence-corrected chi connectivity index (χ1v) is 6.84. The van der Waals surface area contributed by atoms with Gasteiger partial charge in [0.2, 0.25) is 0 Å². The van der Waals surface area contributed by atoms with Crippen LogP contribution in [-0.2, 0) is 4.74 Å². The molecule has 0 bridgehead atoms. The van der Waals surface area contributed by atoms with Crippen LogP contribution in [0.25, 0.3) is 0 Å². The van der Waals surface area contributed by atoms with E-state index in [2.05, 4.69) is 5.32 Å². The van der Waals surface area contributed by atoms with E-state index >= 15 is 0 Å². The molecule has 1 unspecified atom stereocenters. The fraction of sp³-hybridized carbons (Fsp3) is 0.600. The van der Waals surface area contributed by atoms with Crippen molar-refractivity contribution in [1.29, 1.82) is 0 Å². The summed E-state index contributed by atoms with van der Waals surface area (Å²) in [6.07, 6.45) is 2.75. The Morgan fingerprint density at radius 2 is 2.26 bits per heavy atom. The number of rotatable bonds is 7. The molecule has 1 aliphatic carbocycles. The fourth-order valence-electron chi connectivity index (χ4n) is 2.69. The predicted octanol–water partition coefficient (Wildman–Crippen LogP) is 2.06. The van der Waals surface area contributed by atoms with E-state index < -0.39 is 0 Å². The van der Waals surface area contributed by atoms with Crippen molar-refractivity contribution in [3.05, 3.63) is 35.6 Å². The number of benzene rings is 1. The van der Waals surface area contributed by atoms with Crippen molar-refractivity contribution < 1.29 is 14.2 Å². The van der Waals surface area contributed by atoms with Gasteiger partial charge < -0.3 is 15.2 Å². The number of nitrogens with one attached hydrogen (secondary N) is 1. The van der Waals surface area contributed by atoms with E-state index in [1.807, 2.05) is 6.07 Å². The molecule has 1 fully saturated rings. The van der Waals surface area contributed by atoms with Crippen LogP contribution in [0.15, 0.2) is 24.3 Å². The minimum atomic E-state index is -0.161. The molecule has 1 aromatic rings. The average Bonchev–Trinajstić information content (AvgIpc) is 2.33. The van der Waals surface area contributed by atoms with Crippen molar-refractivity contribution in [3.63, 3.8) is 0 Å². The topological polar surface area (TPSA) is 41.5 Å². The van der Waals surface area contributed by atoms with Crippen LogP contribution in [0.5, 0.6) is 0 Å². The Labute approximate surface area is 113 Å². The molecule has 4 heteroatoms. The Kier molecular flexibility index (Phi) is 5.31. The molecule has 2 rings (SSSR count). The summed E-state index contributed by atoms with van der Waals surface area (Å²) < 4.78 is 18.3. The van der Waals surface area contributed by atoms with Crippen molar-refractivity contribution in [1.82, 2.24) is 5.32 Å². The minimum Gasteiger partial charge on any atom is -0.396 e. The molecule has 0 aromatic heterocycles. The number of halogens is 1. The largest absolute Gasteiger partial charge is 0.396 e. The Hall–Kier alpha value is -0.970. The second-order valence-electron chi connectivity index (χ2n) is 5.25. The predicted molar refractivity (Wildman–Crippen MR) is 72.7 cm³/mol. The zero-order chi connectivity index (χ0) is 13.7. The molecule has 1 atom stereocenters. The molecule has 1 saturated carbocycles. The van der Waals surface area contributed by atoms with Crippen LogP contribution in [-0.4, -0.2) is 37.5 Å². The Morgan fingerprint density at radius 3 is 2.89 bits per heavy atom. The van der Waals surface area contributed by atoms with Gasteiger partial charge in [0.1, 0.15) is 5.82 Å². The number of aliphatic hydroxyl groups is 1. The molecule has 1 aliphatic rings. The third kappa shape index (κ3) is 4.00.